The number of nitrogens with zero attached hydrogens (tertiary/aromatic N) is 1. The molecule has 0 aromatic heterocycles. The highest BCUT2D eigenvalue weighted by atomic mass is 127. The molecule has 0 unspecified atom stereocenters. The number of hydrogen-bond donors (Lipinski definition) is 7. The van der Waals surface area contributed by atoms with Gasteiger partial charge in [0.05, 0.1) is 0 Å². The van der Waals surface area contributed by atoms with Crippen molar-refractivity contribution in [2.24, 2.45) is 5.73 Å². The van der Waals surface area contributed by atoms with Crippen molar-refractivity contribution in [3.8, 4) is 0 Å². The van der Waals surface area contributed by atoms with E-state index >= 15 is 0 Å². The van der Waals surface area contributed by atoms with Gasteiger partial charge in [0, 0.05) is 85.3 Å². The summed E-state index contributed by atoms with van der Waals surface area (Å²) in [5, 5.41) is 13.1. The predicted octanol–water partition coefficient (Wildman–Crippen LogP) is 7.49. The maximum atomic E-state index is 13.4. The molecule has 4 heterocycles. The minimum Gasteiger partial charge on any atom is -0.399 e. The number of rotatable bonds is 3. The lowest BCUT2D eigenvalue weighted by atomic mass is 9.78. The van der Waals surface area contributed by atoms with E-state index in [-0.39, 0.29) is 34.5 Å². The second kappa shape index (κ2) is 19.8. The topological polar surface area (TPSA) is 181 Å². The number of nitrogens with two attached hydrogens (primary N) is 3. The van der Waals surface area contributed by atoms with E-state index in [1.54, 1.807) is 17.0 Å². The van der Waals surface area contributed by atoms with E-state index in [2.05, 4.69) is 21.3 Å². The molecule has 2 fully saturated rings. The van der Waals surface area contributed by atoms with Gasteiger partial charge in [-0.25, -0.2) is 13.6 Å². The first-order valence-electron chi connectivity index (χ1n) is 20.1. The molecule has 4 aliphatic heterocycles. The molecule has 10 N–H and O–H groups in total. The van der Waals surface area contributed by atoms with Crippen LogP contribution in [0, 0.1) is 25.5 Å². The lowest BCUT2D eigenvalue weighted by molar-refractivity contribution is 0.0911. The van der Waals surface area contributed by atoms with Gasteiger partial charge in [0.2, 0.25) is 0 Å². The Morgan fingerprint density at radius 2 is 1.24 bits per heavy atom. The number of aryl methyl sites for hydroxylation is 2. The van der Waals surface area contributed by atoms with Crippen LogP contribution in [-0.4, -0.2) is 64.7 Å². The normalized spacial score (nSPS) is 17.3. The molecule has 11 nitrogen and oxygen atoms in total. The summed E-state index contributed by atoms with van der Waals surface area (Å²) >= 11 is 1.96. The van der Waals surface area contributed by atoms with Crippen molar-refractivity contribution < 1.29 is 24.5 Å². The summed E-state index contributed by atoms with van der Waals surface area (Å²) in [6, 6.07) is 20.0. The summed E-state index contributed by atoms with van der Waals surface area (Å²) in [4.78, 5) is 39.5. The molecule has 58 heavy (non-hydrogen) atoms. The fourth-order valence-corrected chi connectivity index (χ4v) is 7.97. The molecule has 2 amide bonds. The van der Waals surface area contributed by atoms with Crippen molar-refractivity contribution in [1.29, 1.82) is 0 Å². The van der Waals surface area contributed by atoms with Crippen LogP contribution >= 0.6 is 22.6 Å². The van der Waals surface area contributed by atoms with E-state index in [1.165, 1.54) is 29.8 Å². The van der Waals surface area contributed by atoms with Gasteiger partial charge in [-0.3, -0.25) is 9.59 Å². The maximum absolute atomic E-state index is 13.4. The van der Waals surface area contributed by atoms with Gasteiger partial charge in [-0.15, -0.1) is 0 Å². The molecule has 0 atom stereocenters. The van der Waals surface area contributed by atoms with E-state index in [0.29, 0.717) is 79.3 Å². The molecule has 0 bridgehead atoms. The largest absolute Gasteiger partial charge is 0.399 e. The molecule has 14 heteroatoms. The number of Topliss-reactive ketones (excluding diaryl/α,β-unsaturated/α-hetero) is 2. The van der Waals surface area contributed by atoms with Gasteiger partial charge in [0.25, 0.3) is 0 Å². The lowest BCUT2D eigenvalue weighted by Crippen LogP contribution is -2.55. The predicted molar refractivity (Wildman–Crippen MR) is 238 cm³/mol. The number of piperidine rings is 2. The van der Waals surface area contributed by atoms with Gasteiger partial charge in [-0.2, -0.15) is 0 Å². The Morgan fingerprint density at radius 3 is 1.71 bits per heavy atom. The molecule has 2 saturated heterocycles. The number of amides is 2. The van der Waals surface area contributed by atoms with Gasteiger partial charge < -0.3 is 43.4 Å². The summed E-state index contributed by atoms with van der Waals surface area (Å²) in [5.41, 5.74) is 24.6. The van der Waals surface area contributed by atoms with Gasteiger partial charge >= 0.3 is 6.03 Å². The summed E-state index contributed by atoms with van der Waals surface area (Å²) in [6.45, 7) is 7.99. The standard InChI is InChI=1S/C22H25FN4O2.C13H15FN2O.C8H12N2.CH3I/c1-14-10-17(24)4-2-15(14)13-25-21(29)27-8-6-22(7-9-27)12-20(28)18-11-16(23)3-5-19(18)26-22;14-9-1-2-11-10(7-9)12(17)8-13(16-11)3-5-15-6-4-13;1-6-4-8(10)3-2-7(6)5-9;1-2/h2-5,10-11,26H,6-9,12-13,24H2,1H3,(H,25,29);1-2,7,15-16H,3-6,8H2;2-4H,5,9-10H2,1H3;1H3/i;;;1D. The average Bonchev–Trinajstić information content (AvgIpc) is 3.20. The van der Waals surface area contributed by atoms with Crippen LogP contribution in [0.1, 0.15) is 82.9 Å². The molecule has 0 saturated carbocycles. The first-order chi connectivity index (χ1) is 28.2. The fraction of sp³-hybridized carbons (Fsp3) is 0.386. The Hall–Kier alpha value is -4.80. The summed E-state index contributed by atoms with van der Waals surface area (Å²) in [6.07, 6.45) is 4.02. The van der Waals surface area contributed by atoms with Gasteiger partial charge in [-0.05, 0) is 140 Å². The number of benzene rings is 4. The number of fused-ring (bicyclic) bond motifs is 2. The van der Waals surface area contributed by atoms with Gasteiger partial charge in [0.1, 0.15) is 11.6 Å². The minimum atomic E-state index is -0.405. The Kier molecular flexibility index (Phi) is 14.6. The quantitative estimate of drug-likeness (QED) is 0.0623. The number of halogens is 3. The monoisotopic (exact) mass is 909 g/mol. The van der Waals surface area contributed by atoms with Crippen LogP contribution in [0.25, 0.3) is 0 Å². The number of nitrogen functional groups attached to an aromatic ring is 2. The molecule has 0 aliphatic carbocycles. The van der Waals surface area contributed by atoms with Crippen LogP contribution in [0.4, 0.5) is 36.3 Å². The van der Waals surface area contributed by atoms with Crippen molar-refractivity contribution in [2.75, 3.05) is 53.2 Å². The molecule has 4 aromatic rings. The highest BCUT2D eigenvalue weighted by Gasteiger charge is 2.42. The Balaban J connectivity index is 0.000000185. The Labute approximate surface area is 354 Å². The highest BCUT2D eigenvalue weighted by molar-refractivity contribution is 14.1. The number of urea groups is 1. The first kappa shape index (κ1) is 42.8. The summed E-state index contributed by atoms with van der Waals surface area (Å²) in [5.74, 6) is -0.743. The zero-order valence-corrected chi connectivity index (χ0v) is 35.3. The minimum absolute atomic E-state index is 0.0463. The van der Waals surface area contributed by atoms with Crippen molar-refractivity contribution in [1.82, 2.24) is 15.5 Å². The SMILES string of the molecule is Cc1cc(N)ccc1CN.Cc1cc(N)ccc1CNC(=O)N1CCC2(CC1)CC(=O)c1cc(F)ccc1N2.O=C1CC2(CCNCC2)Nc2ccc(F)cc21.[2H]CI. The fourth-order valence-electron chi connectivity index (χ4n) is 7.97. The summed E-state index contributed by atoms with van der Waals surface area (Å²) < 4.78 is 32.8. The highest BCUT2D eigenvalue weighted by Crippen LogP contribution is 2.38. The zero-order valence-electron chi connectivity index (χ0n) is 34.2. The third kappa shape index (κ3) is 11.0. The molecule has 8 rings (SSSR count). The van der Waals surface area contributed by atoms with E-state index in [0.717, 1.165) is 54.0 Å². The van der Waals surface area contributed by atoms with Gasteiger partial charge in [-0.1, -0.05) is 34.7 Å². The van der Waals surface area contributed by atoms with Crippen molar-refractivity contribution in [3.63, 3.8) is 0 Å². The number of anilines is 4. The van der Waals surface area contributed by atoms with Crippen molar-refractivity contribution in [2.45, 2.75) is 76.5 Å². The van der Waals surface area contributed by atoms with E-state index < -0.39 is 5.82 Å². The number of carbonyl (C=O) groups is 3. The zero-order chi connectivity index (χ0) is 42.7. The number of alkyl halides is 1. The Bertz CT molecular complexity index is 2130. The average molecular weight is 910 g/mol. The lowest BCUT2D eigenvalue weighted by Gasteiger charge is -2.45. The number of nitrogens with one attached hydrogen (secondary N) is 4. The van der Waals surface area contributed by atoms with Crippen LogP contribution in [0.5, 0.6) is 0 Å². The van der Waals surface area contributed by atoms with Gasteiger partial charge in [0.15, 0.2) is 11.6 Å². The van der Waals surface area contributed by atoms with Crippen molar-refractivity contribution in [3.05, 3.63) is 118 Å². The second-order valence-corrected chi connectivity index (χ2v) is 15.4. The molecule has 4 aromatic carbocycles. The van der Waals surface area contributed by atoms with Crippen LogP contribution in [0.2, 0.25) is 0 Å². The molecular weight excluding hydrogens is 853 g/mol. The summed E-state index contributed by atoms with van der Waals surface area (Å²) in [7, 11) is 0. The Morgan fingerprint density at radius 1 is 0.776 bits per heavy atom. The number of ketones is 2. The molecule has 0 radical (unpaired) electrons. The first-order valence-corrected chi connectivity index (χ1v) is 20.9. The van der Waals surface area contributed by atoms with E-state index in [9.17, 15) is 23.2 Å². The molecule has 310 valence electrons. The molecular formula is C44H55F2IN8O3. The van der Waals surface area contributed by atoms with Crippen LogP contribution in [-0.2, 0) is 13.1 Å². The smallest absolute Gasteiger partial charge is 0.317 e. The van der Waals surface area contributed by atoms with Crippen LogP contribution in [0.15, 0.2) is 72.8 Å². The van der Waals surface area contributed by atoms with Crippen molar-refractivity contribution >= 4 is 62.9 Å². The van der Waals surface area contributed by atoms with E-state index in [4.69, 9.17) is 18.6 Å². The van der Waals surface area contributed by atoms with Crippen LogP contribution in [0.3, 0.4) is 0 Å². The molecule has 4 aliphatic rings. The molecule has 2 spiro atoms. The number of hydrogen-bond acceptors (Lipinski definition) is 9. The van der Waals surface area contributed by atoms with E-state index in [1.807, 2.05) is 72.8 Å². The third-order valence-corrected chi connectivity index (χ3v) is 11.3. The van der Waals surface area contributed by atoms with Crippen LogP contribution < -0.4 is 38.5 Å². The third-order valence-electron chi connectivity index (χ3n) is 11.3. The second-order valence-electron chi connectivity index (χ2n) is 15.4. The number of likely N-dealkylation sites (tertiary alicyclic amines) is 1. The maximum Gasteiger partial charge on any atom is 0.317 e. The number of carbonyl (C=O) groups excluding carboxylic acids is 3.